The van der Waals surface area contributed by atoms with Crippen LogP contribution in [0.25, 0.3) is 0 Å². The number of carbonyl (C=O) groups is 1. The highest BCUT2D eigenvalue weighted by molar-refractivity contribution is 9.09. The van der Waals surface area contributed by atoms with Gasteiger partial charge in [0, 0.05) is 24.5 Å². The molecule has 0 aromatic carbocycles. The first-order valence-corrected chi connectivity index (χ1v) is 5.90. The number of aromatic nitrogens is 1. The Morgan fingerprint density at radius 3 is 3.07 bits per heavy atom. The summed E-state index contributed by atoms with van der Waals surface area (Å²) in [6.45, 7) is 0.722. The third kappa shape index (κ3) is 1.97. The zero-order valence-corrected chi connectivity index (χ0v) is 9.77. The van der Waals surface area contributed by atoms with Crippen LogP contribution >= 0.6 is 15.9 Å². The summed E-state index contributed by atoms with van der Waals surface area (Å²) in [6.07, 6.45) is 3.85. The van der Waals surface area contributed by atoms with Gasteiger partial charge in [-0.05, 0) is 12.0 Å². The number of nitrogen functional groups attached to an aromatic ring is 1. The standard InChI is InChI=1S/C10H12BrN3O/c11-4-7-3-10(15)14(6-7)9-5-13-2-1-8(9)12/h1-2,5,7H,3-4,6H2,(H2,12,13). The van der Waals surface area contributed by atoms with Crippen molar-refractivity contribution < 1.29 is 4.79 Å². The number of alkyl halides is 1. The van der Waals surface area contributed by atoms with Gasteiger partial charge in [-0.3, -0.25) is 9.78 Å². The molecule has 2 heterocycles. The lowest BCUT2D eigenvalue weighted by Gasteiger charge is -2.17. The number of hydrogen-bond acceptors (Lipinski definition) is 3. The van der Waals surface area contributed by atoms with Gasteiger partial charge in [-0.1, -0.05) is 15.9 Å². The highest BCUT2D eigenvalue weighted by Crippen LogP contribution is 2.29. The van der Waals surface area contributed by atoms with E-state index in [9.17, 15) is 4.79 Å². The van der Waals surface area contributed by atoms with Crippen LogP contribution in [0.15, 0.2) is 18.5 Å². The summed E-state index contributed by atoms with van der Waals surface area (Å²) in [7, 11) is 0. The highest BCUT2D eigenvalue weighted by Gasteiger charge is 2.30. The molecule has 1 saturated heterocycles. The zero-order chi connectivity index (χ0) is 10.8. The van der Waals surface area contributed by atoms with Crippen molar-refractivity contribution in [1.29, 1.82) is 0 Å². The van der Waals surface area contributed by atoms with Gasteiger partial charge in [-0.15, -0.1) is 0 Å². The van der Waals surface area contributed by atoms with Crippen LogP contribution in [0.2, 0.25) is 0 Å². The van der Waals surface area contributed by atoms with Crippen LogP contribution in [0, 0.1) is 5.92 Å². The fourth-order valence-corrected chi connectivity index (χ4v) is 2.17. The fourth-order valence-electron chi connectivity index (χ4n) is 1.74. The van der Waals surface area contributed by atoms with Crippen LogP contribution in [0.4, 0.5) is 11.4 Å². The Morgan fingerprint density at radius 1 is 1.67 bits per heavy atom. The average molecular weight is 270 g/mol. The Balaban J connectivity index is 2.25. The Labute approximate surface area is 96.6 Å². The number of halogens is 1. The van der Waals surface area contributed by atoms with Crippen molar-refractivity contribution in [3.8, 4) is 0 Å². The monoisotopic (exact) mass is 269 g/mol. The Kier molecular flexibility index (Phi) is 2.90. The molecule has 0 aliphatic carbocycles. The van der Waals surface area contributed by atoms with E-state index in [4.69, 9.17) is 5.73 Å². The lowest BCUT2D eigenvalue weighted by Crippen LogP contribution is -2.25. The fraction of sp³-hybridized carbons (Fsp3) is 0.400. The molecule has 1 aliphatic heterocycles. The van der Waals surface area contributed by atoms with Gasteiger partial charge in [0.15, 0.2) is 0 Å². The van der Waals surface area contributed by atoms with Gasteiger partial charge in [-0.25, -0.2) is 0 Å². The number of rotatable bonds is 2. The summed E-state index contributed by atoms with van der Waals surface area (Å²) >= 11 is 3.40. The summed E-state index contributed by atoms with van der Waals surface area (Å²) in [6, 6.07) is 1.71. The topological polar surface area (TPSA) is 59.2 Å². The van der Waals surface area contributed by atoms with E-state index in [0.29, 0.717) is 18.0 Å². The van der Waals surface area contributed by atoms with Crippen LogP contribution in [0.5, 0.6) is 0 Å². The van der Waals surface area contributed by atoms with Gasteiger partial charge in [0.25, 0.3) is 0 Å². The highest BCUT2D eigenvalue weighted by atomic mass is 79.9. The molecule has 2 rings (SSSR count). The molecule has 15 heavy (non-hydrogen) atoms. The summed E-state index contributed by atoms with van der Waals surface area (Å²) in [5.74, 6) is 0.497. The number of amides is 1. The molecule has 5 heteroatoms. The maximum Gasteiger partial charge on any atom is 0.227 e. The third-order valence-corrected chi connectivity index (χ3v) is 3.46. The molecule has 4 nitrogen and oxygen atoms in total. The molecule has 1 unspecified atom stereocenters. The van der Waals surface area contributed by atoms with Crippen molar-refractivity contribution in [2.24, 2.45) is 5.92 Å². The van der Waals surface area contributed by atoms with E-state index in [1.165, 1.54) is 0 Å². The van der Waals surface area contributed by atoms with E-state index in [-0.39, 0.29) is 5.91 Å². The minimum atomic E-state index is 0.124. The molecule has 1 aromatic heterocycles. The number of nitrogens with zero attached hydrogens (tertiary/aromatic N) is 2. The van der Waals surface area contributed by atoms with E-state index in [1.54, 1.807) is 23.4 Å². The van der Waals surface area contributed by atoms with Crippen LogP contribution in [-0.4, -0.2) is 22.8 Å². The van der Waals surface area contributed by atoms with E-state index < -0.39 is 0 Å². The van der Waals surface area contributed by atoms with E-state index in [0.717, 1.165) is 17.6 Å². The van der Waals surface area contributed by atoms with E-state index >= 15 is 0 Å². The minimum Gasteiger partial charge on any atom is -0.397 e. The normalized spacial score (nSPS) is 21.0. The largest absolute Gasteiger partial charge is 0.397 e. The predicted octanol–water partition coefficient (Wildman–Crippen LogP) is 1.41. The Morgan fingerprint density at radius 2 is 2.47 bits per heavy atom. The maximum atomic E-state index is 11.7. The summed E-state index contributed by atoms with van der Waals surface area (Å²) in [5, 5.41) is 0.843. The minimum absolute atomic E-state index is 0.124. The summed E-state index contributed by atoms with van der Waals surface area (Å²) < 4.78 is 0. The Hall–Kier alpha value is -1.10. The molecule has 0 bridgehead atoms. The Bertz CT molecular complexity index is 383. The first-order valence-electron chi connectivity index (χ1n) is 4.78. The van der Waals surface area contributed by atoms with Gasteiger partial charge < -0.3 is 10.6 Å². The smallest absolute Gasteiger partial charge is 0.227 e. The SMILES string of the molecule is Nc1ccncc1N1CC(CBr)CC1=O. The van der Waals surface area contributed by atoms with Crippen LogP contribution in [0.1, 0.15) is 6.42 Å². The molecular weight excluding hydrogens is 258 g/mol. The lowest BCUT2D eigenvalue weighted by atomic mass is 10.2. The molecule has 1 fully saturated rings. The summed E-state index contributed by atoms with van der Waals surface area (Å²) in [5.41, 5.74) is 7.14. The quantitative estimate of drug-likeness (QED) is 0.826. The second-order valence-electron chi connectivity index (χ2n) is 3.66. The predicted molar refractivity (Wildman–Crippen MR) is 62.9 cm³/mol. The average Bonchev–Trinajstić information content (AvgIpc) is 2.60. The van der Waals surface area contributed by atoms with Crippen LogP contribution in [0.3, 0.4) is 0 Å². The second kappa shape index (κ2) is 4.18. The van der Waals surface area contributed by atoms with Crippen LogP contribution < -0.4 is 10.6 Å². The molecule has 0 radical (unpaired) electrons. The van der Waals surface area contributed by atoms with Gasteiger partial charge in [0.1, 0.15) is 0 Å². The second-order valence-corrected chi connectivity index (χ2v) is 4.31. The number of nitrogens with two attached hydrogens (primary N) is 1. The van der Waals surface area contributed by atoms with Crippen molar-refractivity contribution in [1.82, 2.24) is 4.98 Å². The van der Waals surface area contributed by atoms with E-state index in [2.05, 4.69) is 20.9 Å². The molecule has 80 valence electrons. The maximum absolute atomic E-state index is 11.7. The van der Waals surface area contributed by atoms with Gasteiger partial charge in [-0.2, -0.15) is 0 Å². The first-order chi connectivity index (χ1) is 7.22. The first kappa shape index (κ1) is 10.4. The molecule has 1 atom stereocenters. The molecule has 1 aromatic rings. The number of carbonyl (C=O) groups excluding carboxylic acids is 1. The lowest BCUT2D eigenvalue weighted by molar-refractivity contribution is -0.117. The van der Waals surface area contributed by atoms with Crippen molar-refractivity contribution in [3.05, 3.63) is 18.5 Å². The van der Waals surface area contributed by atoms with Crippen molar-refractivity contribution in [2.75, 3.05) is 22.5 Å². The summed E-state index contributed by atoms with van der Waals surface area (Å²) in [4.78, 5) is 17.4. The molecule has 2 N–H and O–H groups in total. The molecule has 1 aliphatic rings. The van der Waals surface area contributed by atoms with Crippen molar-refractivity contribution >= 4 is 33.2 Å². The van der Waals surface area contributed by atoms with Gasteiger partial charge in [0.2, 0.25) is 5.91 Å². The molecule has 0 saturated carbocycles. The molecule has 1 amide bonds. The number of hydrogen-bond donors (Lipinski definition) is 1. The van der Waals surface area contributed by atoms with Crippen molar-refractivity contribution in [2.45, 2.75) is 6.42 Å². The van der Waals surface area contributed by atoms with Gasteiger partial charge >= 0.3 is 0 Å². The molecule has 0 spiro atoms. The number of pyridine rings is 1. The molecular formula is C10H12BrN3O. The number of anilines is 2. The zero-order valence-electron chi connectivity index (χ0n) is 8.19. The van der Waals surface area contributed by atoms with Crippen molar-refractivity contribution in [3.63, 3.8) is 0 Å². The van der Waals surface area contributed by atoms with Crippen LogP contribution in [-0.2, 0) is 4.79 Å². The van der Waals surface area contributed by atoms with Gasteiger partial charge in [0.05, 0.1) is 17.6 Å². The van der Waals surface area contributed by atoms with E-state index in [1.807, 2.05) is 0 Å². The third-order valence-electron chi connectivity index (χ3n) is 2.55.